The molecular weight excluding hydrogens is 359 g/mol. The van der Waals surface area contributed by atoms with Crippen molar-refractivity contribution in [3.05, 3.63) is 29.3 Å². The molecule has 1 N–H and O–H groups in total. The van der Waals surface area contributed by atoms with Crippen LogP contribution in [0.25, 0.3) is 0 Å². The van der Waals surface area contributed by atoms with E-state index < -0.39 is 51.3 Å². The first-order valence-corrected chi connectivity index (χ1v) is 8.45. The minimum absolute atomic E-state index is 0.0470. The van der Waals surface area contributed by atoms with Gasteiger partial charge in [-0.2, -0.15) is 8.42 Å². The maximum Gasteiger partial charge on any atom is 0.488 e. The molecule has 1 saturated carbocycles. The molecular formula is C14H9FN2O7S. The van der Waals surface area contributed by atoms with Crippen molar-refractivity contribution in [1.29, 1.82) is 0 Å². The number of fused-ring (bicyclic) bond motifs is 3. The van der Waals surface area contributed by atoms with E-state index in [-0.39, 0.29) is 24.0 Å². The fourth-order valence-corrected chi connectivity index (χ4v) is 3.85. The van der Waals surface area contributed by atoms with Crippen LogP contribution in [0.3, 0.4) is 0 Å². The van der Waals surface area contributed by atoms with Crippen LogP contribution in [-0.2, 0) is 20.1 Å². The maximum atomic E-state index is 12.6. The summed E-state index contributed by atoms with van der Waals surface area (Å²) in [6.45, 7) is 0. The Bertz CT molecular complexity index is 981. The number of imide groups is 2. The number of piperidine rings is 2. The molecule has 0 radical (unpaired) electrons. The van der Waals surface area contributed by atoms with Gasteiger partial charge in [0.2, 0.25) is 5.91 Å². The van der Waals surface area contributed by atoms with Gasteiger partial charge < -0.3 is 4.18 Å². The van der Waals surface area contributed by atoms with E-state index >= 15 is 0 Å². The lowest BCUT2D eigenvalue weighted by Crippen LogP contribution is -2.74. The van der Waals surface area contributed by atoms with E-state index in [1.165, 1.54) is 0 Å². The number of carbonyl (C=O) groups is 4. The average Bonchev–Trinajstić information content (AvgIpc) is 2.69. The third kappa shape index (κ3) is 2.08. The molecule has 4 aliphatic rings. The Labute approximate surface area is 140 Å². The van der Waals surface area contributed by atoms with Gasteiger partial charge >= 0.3 is 10.5 Å². The number of hydrogen-bond acceptors (Lipinski definition) is 7. The van der Waals surface area contributed by atoms with Gasteiger partial charge in [-0.25, -0.2) is 0 Å². The molecule has 3 fully saturated rings. The van der Waals surface area contributed by atoms with E-state index in [1.807, 2.05) is 0 Å². The monoisotopic (exact) mass is 368 g/mol. The standard InChI is InChI=1S/C14H9FN2O7S/c15-25(22,23)24-7-1-2-8-9(3-7)12(20)17(11(8)19)14-4-6(5-14)10(18)16-13(14)21/h1-3,6H,4-5H2,(H,16,18,21). The Hall–Kier alpha value is -2.82. The summed E-state index contributed by atoms with van der Waals surface area (Å²) in [5, 5.41) is 2.13. The highest BCUT2D eigenvalue weighted by atomic mass is 32.3. The Balaban J connectivity index is 1.72. The van der Waals surface area contributed by atoms with Crippen LogP contribution in [0.1, 0.15) is 33.6 Å². The van der Waals surface area contributed by atoms with Crippen molar-refractivity contribution in [3.63, 3.8) is 0 Å². The first kappa shape index (κ1) is 15.7. The summed E-state index contributed by atoms with van der Waals surface area (Å²) in [4.78, 5) is 49.7. The van der Waals surface area contributed by atoms with Gasteiger partial charge in [0.15, 0.2) is 0 Å². The molecule has 1 aliphatic carbocycles. The SMILES string of the molecule is O=C1NC(=O)C2(N3C(=O)c4ccc(OS(=O)(=O)F)cc4C3=O)CC1C2. The fourth-order valence-electron chi connectivity index (χ4n) is 3.52. The molecule has 0 unspecified atom stereocenters. The second-order valence-electron chi connectivity index (χ2n) is 6.08. The second-order valence-corrected chi connectivity index (χ2v) is 7.04. The molecule has 25 heavy (non-hydrogen) atoms. The minimum atomic E-state index is -5.29. The van der Waals surface area contributed by atoms with Gasteiger partial charge in [0.05, 0.1) is 11.1 Å². The third-order valence-electron chi connectivity index (χ3n) is 4.68. The maximum absolute atomic E-state index is 12.6. The zero-order valence-corrected chi connectivity index (χ0v) is 13.1. The van der Waals surface area contributed by atoms with Gasteiger partial charge in [-0.1, -0.05) is 3.89 Å². The van der Waals surface area contributed by atoms with Crippen LogP contribution in [0.5, 0.6) is 5.75 Å². The summed E-state index contributed by atoms with van der Waals surface area (Å²) in [6, 6.07) is 3.07. The predicted octanol–water partition coefficient (Wildman–Crippen LogP) is -0.319. The molecule has 5 rings (SSSR count). The summed E-state index contributed by atoms with van der Waals surface area (Å²) < 4.78 is 37.8. The van der Waals surface area contributed by atoms with E-state index in [1.54, 1.807) is 0 Å². The third-order valence-corrected chi connectivity index (χ3v) is 5.07. The van der Waals surface area contributed by atoms with Crippen LogP contribution in [0.2, 0.25) is 0 Å². The molecule has 9 nitrogen and oxygen atoms in total. The number of amides is 4. The number of nitrogens with zero attached hydrogens (tertiary/aromatic N) is 1. The lowest BCUT2D eigenvalue weighted by molar-refractivity contribution is -0.158. The largest absolute Gasteiger partial charge is 0.488 e. The summed E-state index contributed by atoms with van der Waals surface area (Å²) >= 11 is 0. The van der Waals surface area contributed by atoms with Crippen LogP contribution in [-0.4, -0.2) is 42.5 Å². The summed E-state index contributed by atoms with van der Waals surface area (Å²) in [5.41, 5.74) is -1.69. The van der Waals surface area contributed by atoms with Crippen LogP contribution < -0.4 is 9.50 Å². The van der Waals surface area contributed by atoms with Crippen LogP contribution in [0.4, 0.5) is 3.89 Å². The van der Waals surface area contributed by atoms with Crippen molar-refractivity contribution in [2.45, 2.75) is 18.4 Å². The topological polar surface area (TPSA) is 127 Å². The fraction of sp³-hybridized carbons (Fsp3) is 0.286. The van der Waals surface area contributed by atoms with E-state index in [9.17, 15) is 31.5 Å². The van der Waals surface area contributed by atoms with Gasteiger partial charge in [-0.15, -0.1) is 0 Å². The number of hydrogen-bond donors (Lipinski definition) is 1. The van der Waals surface area contributed by atoms with Crippen molar-refractivity contribution in [3.8, 4) is 5.75 Å². The number of halogens is 1. The van der Waals surface area contributed by atoms with Crippen molar-refractivity contribution in [2.24, 2.45) is 5.92 Å². The normalized spacial score (nSPS) is 27.7. The van der Waals surface area contributed by atoms with Gasteiger partial charge in [-0.3, -0.25) is 29.4 Å². The quantitative estimate of drug-likeness (QED) is 0.572. The molecule has 11 heteroatoms. The van der Waals surface area contributed by atoms with E-state index in [4.69, 9.17) is 0 Å². The molecule has 1 aromatic carbocycles. The molecule has 0 spiro atoms. The molecule has 2 bridgehead atoms. The highest BCUT2D eigenvalue weighted by Gasteiger charge is 2.65. The molecule has 3 aliphatic heterocycles. The molecule has 0 atom stereocenters. The van der Waals surface area contributed by atoms with E-state index in [0.29, 0.717) is 0 Å². The summed E-state index contributed by atoms with van der Waals surface area (Å²) in [6.07, 6.45) is 0.0940. The molecule has 4 amide bonds. The Morgan fingerprint density at radius 3 is 2.36 bits per heavy atom. The first-order valence-electron chi connectivity index (χ1n) is 7.15. The van der Waals surface area contributed by atoms with Crippen molar-refractivity contribution in [2.75, 3.05) is 0 Å². The Morgan fingerprint density at radius 2 is 1.76 bits per heavy atom. The highest BCUT2D eigenvalue weighted by molar-refractivity contribution is 7.81. The first-order chi connectivity index (χ1) is 11.6. The minimum Gasteiger partial charge on any atom is -0.358 e. The molecule has 2 saturated heterocycles. The van der Waals surface area contributed by atoms with E-state index in [0.717, 1.165) is 23.1 Å². The predicted molar refractivity (Wildman–Crippen MR) is 76.2 cm³/mol. The van der Waals surface area contributed by atoms with E-state index in [2.05, 4.69) is 9.50 Å². The van der Waals surface area contributed by atoms with Gasteiger partial charge in [-0.05, 0) is 31.0 Å². The lowest BCUT2D eigenvalue weighted by Gasteiger charge is -2.52. The van der Waals surface area contributed by atoms with Gasteiger partial charge in [0.25, 0.3) is 17.7 Å². The highest BCUT2D eigenvalue weighted by Crippen LogP contribution is 2.48. The second kappa shape index (κ2) is 4.63. The summed E-state index contributed by atoms with van der Waals surface area (Å²) in [7, 11) is -5.29. The number of nitrogens with one attached hydrogen (secondary N) is 1. The van der Waals surface area contributed by atoms with Crippen molar-refractivity contribution in [1.82, 2.24) is 10.2 Å². The molecule has 0 aromatic heterocycles. The van der Waals surface area contributed by atoms with Crippen molar-refractivity contribution >= 4 is 34.1 Å². The molecule has 3 heterocycles. The number of rotatable bonds is 3. The van der Waals surface area contributed by atoms with Crippen LogP contribution >= 0.6 is 0 Å². The van der Waals surface area contributed by atoms with Crippen LogP contribution in [0, 0.1) is 5.92 Å². The van der Waals surface area contributed by atoms with Crippen LogP contribution in [0.15, 0.2) is 18.2 Å². The zero-order valence-electron chi connectivity index (χ0n) is 12.3. The Morgan fingerprint density at radius 1 is 1.12 bits per heavy atom. The van der Waals surface area contributed by atoms with Gasteiger partial charge in [0.1, 0.15) is 11.3 Å². The lowest BCUT2D eigenvalue weighted by atomic mass is 9.63. The van der Waals surface area contributed by atoms with Crippen molar-refractivity contribution < 1.29 is 35.7 Å². The Kier molecular flexibility index (Phi) is 2.90. The number of benzene rings is 1. The molecule has 130 valence electrons. The zero-order chi connectivity index (χ0) is 18.1. The molecule has 1 aromatic rings. The smallest absolute Gasteiger partial charge is 0.358 e. The average molecular weight is 368 g/mol. The van der Waals surface area contributed by atoms with Gasteiger partial charge in [0, 0.05) is 5.92 Å². The summed E-state index contributed by atoms with van der Waals surface area (Å²) in [5.74, 6) is -3.65. The number of carbonyl (C=O) groups excluding carboxylic acids is 4.